The molecule has 0 unspecified atom stereocenters. The van der Waals surface area contributed by atoms with Crippen LogP contribution in [0.2, 0.25) is 0 Å². The summed E-state index contributed by atoms with van der Waals surface area (Å²) in [5.74, 6) is 1.65. The molecule has 0 aliphatic rings. The Hall–Kier alpha value is -2.43. The molecule has 0 aliphatic heterocycles. The molecule has 0 radical (unpaired) electrons. The second-order valence-corrected chi connectivity index (χ2v) is 6.05. The third kappa shape index (κ3) is 6.04. The van der Waals surface area contributed by atoms with Crippen LogP contribution in [-0.4, -0.2) is 37.0 Å². The molecule has 0 atom stereocenters. The first-order valence-corrected chi connectivity index (χ1v) is 9.23. The average molecular weight is 494 g/mol. The Balaban J connectivity index is 0.00000280. The Morgan fingerprint density at radius 2 is 1.93 bits per heavy atom. The van der Waals surface area contributed by atoms with Gasteiger partial charge in [0.15, 0.2) is 11.8 Å². The van der Waals surface area contributed by atoms with Gasteiger partial charge in [-0.15, -0.1) is 34.2 Å². The van der Waals surface area contributed by atoms with Crippen molar-refractivity contribution >= 4 is 29.9 Å². The van der Waals surface area contributed by atoms with Crippen LogP contribution in [0, 0.1) is 0 Å². The number of hydrogen-bond donors (Lipinski definition) is 2. The van der Waals surface area contributed by atoms with E-state index in [9.17, 15) is 0 Å². The van der Waals surface area contributed by atoms with Crippen LogP contribution < -0.4 is 10.6 Å². The summed E-state index contributed by atoms with van der Waals surface area (Å²) in [4.78, 5) is 4.74. The molecule has 150 valence electrons. The predicted molar refractivity (Wildman–Crippen MR) is 121 cm³/mol. The Morgan fingerprint density at radius 3 is 2.64 bits per heavy atom. The van der Waals surface area contributed by atoms with Crippen LogP contribution in [0.5, 0.6) is 0 Å². The first kappa shape index (κ1) is 21.9. The number of halogens is 1. The van der Waals surface area contributed by atoms with Crippen LogP contribution in [0.4, 0.5) is 0 Å². The van der Waals surface area contributed by atoms with E-state index in [2.05, 4.69) is 51.9 Å². The van der Waals surface area contributed by atoms with Gasteiger partial charge in [0.1, 0.15) is 6.33 Å². The van der Waals surface area contributed by atoms with E-state index in [1.54, 1.807) is 12.5 Å². The summed E-state index contributed by atoms with van der Waals surface area (Å²) >= 11 is 0. The molecule has 0 aliphatic carbocycles. The van der Waals surface area contributed by atoms with Crippen LogP contribution >= 0.6 is 24.0 Å². The molecule has 8 nitrogen and oxygen atoms in total. The van der Waals surface area contributed by atoms with E-state index >= 15 is 0 Å². The molecular formula is C19H27IN8. The molecule has 0 saturated carbocycles. The summed E-state index contributed by atoms with van der Waals surface area (Å²) in [6.07, 6.45) is 5.51. The molecule has 0 amide bonds. The van der Waals surface area contributed by atoms with Crippen molar-refractivity contribution in [2.75, 3.05) is 6.54 Å². The number of nitrogens with one attached hydrogen (secondary N) is 2. The monoisotopic (exact) mass is 494 g/mol. The van der Waals surface area contributed by atoms with Crippen LogP contribution in [0.15, 0.2) is 54.0 Å². The highest BCUT2D eigenvalue weighted by molar-refractivity contribution is 14.0. The van der Waals surface area contributed by atoms with E-state index in [-0.39, 0.29) is 24.0 Å². The zero-order valence-electron chi connectivity index (χ0n) is 16.2. The minimum absolute atomic E-state index is 0. The molecule has 9 heteroatoms. The molecular weight excluding hydrogens is 467 g/mol. The van der Waals surface area contributed by atoms with Crippen molar-refractivity contribution in [1.29, 1.82) is 0 Å². The summed E-state index contributed by atoms with van der Waals surface area (Å²) in [6.45, 7) is 7.67. The van der Waals surface area contributed by atoms with Gasteiger partial charge in [-0.25, -0.2) is 4.99 Å². The highest BCUT2D eigenvalue weighted by Gasteiger charge is 2.06. The first-order chi connectivity index (χ1) is 13.3. The highest BCUT2D eigenvalue weighted by Crippen LogP contribution is 2.11. The second-order valence-electron chi connectivity index (χ2n) is 6.05. The summed E-state index contributed by atoms with van der Waals surface area (Å²) in [6, 6.07) is 10.3. The molecule has 3 aromatic rings. The van der Waals surface area contributed by atoms with E-state index in [1.807, 2.05) is 33.6 Å². The van der Waals surface area contributed by atoms with Gasteiger partial charge in [0.05, 0.1) is 19.6 Å². The maximum atomic E-state index is 4.74. The lowest BCUT2D eigenvalue weighted by Crippen LogP contribution is -2.37. The highest BCUT2D eigenvalue weighted by atomic mass is 127. The van der Waals surface area contributed by atoms with Gasteiger partial charge in [-0.2, -0.15) is 5.10 Å². The molecule has 2 aromatic heterocycles. The smallest absolute Gasteiger partial charge is 0.191 e. The standard InChI is InChI=1S/C19H26N8.HI/c1-3-20-19(22-13-18-25-23-15-26(18)4-2)21-12-16-8-5-6-9-17(16)14-27-11-7-10-24-27;/h5-11,15H,3-4,12-14H2,1-2H3,(H2,20,21,22);1H. The van der Waals surface area contributed by atoms with Gasteiger partial charge in [0.2, 0.25) is 0 Å². The number of hydrogen-bond acceptors (Lipinski definition) is 4. The largest absolute Gasteiger partial charge is 0.357 e. The molecule has 0 fully saturated rings. The van der Waals surface area contributed by atoms with Crippen molar-refractivity contribution in [1.82, 2.24) is 35.2 Å². The fourth-order valence-electron chi connectivity index (χ4n) is 2.78. The lowest BCUT2D eigenvalue weighted by atomic mass is 10.1. The quantitative estimate of drug-likeness (QED) is 0.286. The molecule has 0 bridgehead atoms. The van der Waals surface area contributed by atoms with Crippen molar-refractivity contribution in [3.63, 3.8) is 0 Å². The maximum Gasteiger partial charge on any atom is 0.191 e. The zero-order chi connectivity index (χ0) is 18.9. The fraction of sp³-hybridized carbons (Fsp3) is 0.368. The Bertz CT molecular complexity index is 856. The Labute approximate surface area is 182 Å². The van der Waals surface area contributed by atoms with Crippen LogP contribution in [-0.2, 0) is 26.2 Å². The summed E-state index contributed by atoms with van der Waals surface area (Å²) < 4.78 is 3.93. The third-order valence-corrected chi connectivity index (χ3v) is 4.21. The number of benzene rings is 1. The van der Waals surface area contributed by atoms with Crippen LogP contribution in [0.25, 0.3) is 0 Å². The predicted octanol–water partition coefficient (Wildman–Crippen LogP) is 2.42. The molecule has 2 heterocycles. The van der Waals surface area contributed by atoms with Gasteiger partial charge in [-0.1, -0.05) is 24.3 Å². The maximum absolute atomic E-state index is 4.74. The number of guanidine groups is 1. The minimum Gasteiger partial charge on any atom is -0.357 e. The van der Waals surface area contributed by atoms with Gasteiger partial charge in [-0.05, 0) is 31.0 Å². The lowest BCUT2D eigenvalue weighted by Gasteiger charge is -2.12. The first-order valence-electron chi connectivity index (χ1n) is 9.23. The van der Waals surface area contributed by atoms with Gasteiger partial charge >= 0.3 is 0 Å². The van der Waals surface area contributed by atoms with Crippen molar-refractivity contribution in [2.45, 2.75) is 40.0 Å². The van der Waals surface area contributed by atoms with Gasteiger partial charge < -0.3 is 15.2 Å². The van der Waals surface area contributed by atoms with Crippen molar-refractivity contribution < 1.29 is 0 Å². The lowest BCUT2D eigenvalue weighted by molar-refractivity contribution is 0.669. The van der Waals surface area contributed by atoms with Gasteiger partial charge in [0, 0.05) is 25.5 Å². The van der Waals surface area contributed by atoms with Crippen LogP contribution in [0.1, 0.15) is 30.8 Å². The molecule has 3 rings (SSSR count). The second kappa shape index (κ2) is 11.4. The summed E-state index contributed by atoms with van der Waals surface area (Å²) in [5, 5.41) is 19.0. The van der Waals surface area contributed by atoms with E-state index in [4.69, 9.17) is 4.99 Å². The molecule has 0 saturated heterocycles. The number of rotatable bonds is 8. The van der Waals surface area contributed by atoms with Gasteiger partial charge in [0.25, 0.3) is 0 Å². The Morgan fingerprint density at radius 1 is 1.11 bits per heavy atom. The Kier molecular flexibility index (Phi) is 8.92. The van der Waals surface area contributed by atoms with E-state index < -0.39 is 0 Å². The zero-order valence-corrected chi connectivity index (χ0v) is 18.6. The van der Waals surface area contributed by atoms with Gasteiger partial charge in [-0.3, -0.25) is 4.68 Å². The number of aromatic nitrogens is 5. The number of aliphatic imine (C=N–C) groups is 1. The van der Waals surface area contributed by atoms with Crippen molar-refractivity contribution in [3.8, 4) is 0 Å². The fourth-order valence-corrected chi connectivity index (χ4v) is 2.78. The molecule has 0 spiro atoms. The van der Waals surface area contributed by atoms with E-state index in [1.165, 1.54) is 11.1 Å². The number of aryl methyl sites for hydroxylation is 1. The summed E-state index contributed by atoms with van der Waals surface area (Å²) in [7, 11) is 0. The van der Waals surface area contributed by atoms with Crippen molar-refractivity contribution in [2.24, 2.45) is 4.99 Å². The third-order valence-electron chi connectivity index (χ3n) is 4.21. The molecule has 28 heavy (non-hydrogen) atoms. The molecule has 1 aromatic carbocycles. The minimum atomic E-state index is 0. The number of nitrogens with zero attached hydrogens (tertiary/aromatic N) is 6. The van der Waals surface area contributed by atoms with Crippen LogP contribution in [0.3, 0.4) is 0 Å². The average Bonchev–Trinajstić information content (AvgIpc) is 3.36. The van der Waals surface area contributed by atoms with E-state index in [0.717, 1.165) is 31.4 Å². The summed E-state index contributed by atoms with van der Waals surface area (Å²) in [5.41, 5.74) is 2.40. The molecule has 2 N–H and O–H groups in total. The topological polar surface area (TPSA) is 84.9 Å². The van der Waals surface area contributed by atoms with Crippen molar-refractivity contribution in [3.05, 3.63) is 66.0 Å². The van der Waals surface area contributed by atoms with E-state index in [0.29, 0.717) is 13.1 Å². The SMILES string of the molecule is CCNC(=NCc1ccccc1Cn1cccn1)NCc1nncn1CC.I. The normalized spacial score (nSPS) is 11.1.